The lowest BCUT2D eigenvalue weighted by atomic mass is 10.1. The van der Waals surface area contributed by atoms with Gasteiger partial charge in [0.05, 0.1) is 18.3 Å². The Morgan fingerprint density at radius 2 is 2.24 bits per heavy atom. The molecule has 1 aromatic rings. The third-order valence-corrected chi connectivity index (χ3v) is 2.63. The Kier molecular flexibility index (Phi) is 4.37. The first-order valence-corrected chi connectivity index (χ1v) is 5.40. The minimum atomic E-state index is -0.479. The summed E-state index contributed by atoms with van der Waals surface area (Å²) in [6.45, 7) is 4.78. The molecule has 1 aliphatic rings. The van der Waals surface area contributed by atoms with Crippen LogP contribution in [-0.4, -0.2) is 25.1 Å². The average Bonchev–Trinajstić information content (AvgIpc) is 2.26. The van der Waals surface area contributed by atoms with Crippen molar-refractivity contribution in [3.8, 4) is 5.75 Å². The topological polar surface area (TPSA) is 55.6 Å². The number of halogens is 1. The van der Waals surface area contributed by atoms with Crippen molar-refractivity contribution >= 4 is 24.0 Å². The maximum absolute atomic E-state index is 11.9. The molecular weight excluding hydrogens is 240 g/mol. The van der Waals surface area contributed by atoms with Crippen molar-refractivity contribution in [2.45, 2.75) is 19.9 Å². The molecule has 1 aliphatic heterocycles. The van der Waals surface area contributed by atoms with Gasteiger partial charge in [-0.05, 0) is 31.5 Å². The molecular formula is C12H17ClN2O2. The number of nitrogens with zero attached hydrogens (tertiary/aromatic N) is 1. The van der Waals surface area contributed by atoms with E-state index in [1.165, 1.54) is 0 Å². The number of hydrogen-bond donors (Lipinski definition) is 1. The molecule has 0 aromatic heterocycles. The Balaban J connectivity index is 0.00000144. The van der Waals surface area contributed by atoms with Crippen LogP contribution in [0.3, 0.4) is 0 Å². The zero-order chi connectivity index (χ0) is 11.7. The number of aryl methyl sites for hydroxylation is 1. The highest BCUT2D eigenvalue weighted by Gasteiger charge is 2.25. The van der Waals surface area contributed by atoms with Crippen molar-refractivity contribution in [3.63, 3.8) is 0 Å². The summed E-state index contributed by atoms with van der Waals surface area (Å²) in [5, 5.41) is 0. The summed E-state index contributed by atoms with van der Waals surface area (Å²) in [6, 6.07) is 5.34. The van der Waals surface area contributed by atoms with Gasteiger partial charge in [-0.15, -0.1) is 12.4 Å². The van der Waals surface area contributed by atoms with Crippen molar-refractivity contribution in [2.75, 3.05) is 18.1 Å². The lowest BCUT2D eigenvalue weighted by Crippen LogP contribution is -2.45. The van der Waals surface area contributed by atoms with Gasteiger partial charge in [0.25, 0.3) is 0 Å². The number of rotatable bonds is 1. The molecule has 94 valence electrons. The molecule has 0 bridgehead atoms. The third-order valence-electron chi connectivity index (χ3n) is 2.63. The third kappa shape index (κ3) is 2.70. The number of hydrogen-bond acceptors (Lipinski definition) is 3. The fourth-order valence-corrected chi connectivity index (χ4v) is 1.80. The van der Waals surface area contributed by atoms with Gasteiger partial charge in [-0.3, -0.25) is 4.79 Å². The number of amides is 1. The zero-order valence-corrected chi connectivity index (χ0v) is 10.8. The van der Waals surface area contributed by atoms with Gasteiger partial charge in [0.2, 0.25) is 5.91 Å². The van der Waals surface area contributed by atoms with E-state index in [9.17, 15) is 4.79 Å². The maximum atomic E-state index is 11.9. The molecule has 0 aliphatic carbocycles. The van der Waals surface area contributed by atoms with Gasteiger partial charge >= 0.3 is 0 Å². The smallest absolute Gasteiger partial charge is 0.243 e. The summed E-state index contributed by atoms with van der Waals surface area (Å²) >= 11 is 0. The van der Waals surface area contributed by atoms with Crippen molar-refractivity contribution in [3.05, 3.63) is 23.8 Å². The summed E-state index contributed by atoms with van der Waals surface area (Å²) in [7, 11) is 0. The first-order valence-electron chi connectivity index (χ1n) is 5.40. The lowest BCUT2D eigenvalue weighted by molar-refractivity contribution is -0.119. The van der Waals surface area contributed by atoms with E-state index in [0.29, 0.717) is 13.2 Å². The minimum absolute atomic E-state index is 0. The molecule has 0 fully saturated rings. The summed E-state index contributed by atoms with van der Waals surface area (Å²) in [6.07, 6.45) is 0. The molecule has 0 radical (unpaired) electrons. The van der Waals surface area contributed by atoms with Crippen LogP contribution in [-0.2, 0) is 4.79 Å². The summed E-state index contributed by atoms with van der Waals surface area (Å²) in [5.41, 5.74) is 7.56. The number of benzene rings is 1. The SMILES string of the molecule is Cc1ccc2c(c1)OCCN2C(=O)C(C)N.Cl. The van der Waals surface area contributed by atoms with Crippen molar-refractivity contribution in [1.82, 2.24) is 0 Å². The van der Waals surface area contributed by atoms with E-state index in [2.05, 4.69) is 0 Å². The fourth-order valence-electron chi connectivity index (χ4n) is 1.80. The molecule has 0 spiro atoms. The van der Waals surface area contributed by atoms with Crippen molar-refractivity contribution in [1.29, 1.82) is 0 Å². The monoisotopic (exact) mass is 256 g/mol. The van der Waals surface area contributed by atoms with Crippen LogP contribution in [0, 0.1) is 6.92 Å². The molecule has 1 aromatic carbocycles. The lowest BCUT2D eigenvalue weighted by Gasteiger charge is -2.30. The largest absolute Gasteiger partial charge is 0.490 e. The van der Waals surface area contributed by atoms with E-state index in [1.54, 1.807) is 11.8 Å². The van der Waals surface area contributed by atoms with Gasteiger partial charge in [0.1, 0.15) is 12.4 Å². The van der Waals surface area contributed by atoms with Crippen LogP contribution in [0.5, 0.6) is 5.75 Å². The Hall–Kier alpha value is -1.26. The van der Waals surface area contributed by atoms with Crippen LogP contribution in [0.15, 0.2) is 18.2 Å². The first-order chi connectivity index (χ1) is 7.59. The molecule has 2 rings (SSSR count). The number of nitrogens with two attached hydrogens (primary N) is 1. The molecule has 1 heterocycles. The molecule has 17 heavy (non-hydrogen) atoms. The highest BCUT2D eigenvalue weighted by molar-refractivity contribution is 5.98. The van der Waals surface area contributed by atoms with Crippen LogP contribution in [0.25, 0.3) is 0 Å². The van der Waals surface area contributed by atoms with Gasteiger partial charge in [-0.1, -0.05) is 6.07 Å². The molecule has 2 N–H and O–H groups in total. The number of fused-ring (bicyclic) bond motifs is 1. The number of carbonyl (C=O) groups excluding carboxylic acids is 1. The molecule has 0 saturated heterocycles. The predicted octanol–water partition coefficient (Wildman–Crippen LogP) is 1.49. The van der Waals surface area contributed by atoms with Gasteiger partial charge in [0.15, 0.2) is 0 Å². The predicted molar refractivity (Wildman–Crippen MR) is 69.9 cm³/mol. The minimum Gasteiger partial charge on any atom is -0.490 e. The Labute approximate surface area is 107 Å². The quantitative estimate of drug-likeness (QED) is 0.828. The van der Waals surface area contributed by atoms with Crippen LogP contribution >= 0.6 is 12.4 Å². The van der Waals surface area contributed by atoms with E-state index in [1.807, 2.05) is 25.1 Å². The van der Waals surface area contributed by atoms with Crippen LogP contribution in [0.4, 0.5) is 5.69 Å². The van der Waals surface area contributed by atoms with Crippen LogP contribution < -0.4 is 15.4 Å². The summed E-state index contributed by atoms with van der Waals surface area (Å²) in [5.74, 6) is 0.702. The van der Waals surface area contributed by atoms with E-state index < -0.39 is 6.04 Å². The summed E-state index contributed by atoms with van der Waals surface area (Å²) in [4.78, 5) is 13.6. The maximum Gasteiger partial charge on any atom is 0.243 e. The van der Waals surface area contributed by atoms with Gasteiger partial charge in [-0.2, -0.15) is 0 Å². The second-order valence-corrected chi connectivity index (χ2v) is 4.10. The normalized spacial score (nSPS) is 15.4. The Morgan fingerprint density at radius 1 is 1.53 bits per heavy atom. The van der Waals surface area contributed by atoms with Crippen molar-refractivity contribution in [2.24, 2.45) is 5.73 Å². The summed E-state index contributed by atoms with van der Waals surface area (Å²) < 4.78 is 5.53. The van der Waals surface area contributed by atoms with Crippen LogP contribution in [0.2, 0.25) is 0 Å². The van der Waals surface area contributed by atoms with E-state index in [4.69, 9.17) is 10.5 Å². The van der Waals surface area contributed by atoms with E-state index >= 15 is 0 Å². The molecule has 4 nitrogen and oxygen atoms in total. The van der Waals surface area contributed by atoms with Gasteiger partial charge in [-0.25, -0.2) is 0 Å². The van der Waals surface area contributed by atoms with Crippen molar-refractivity contribution < 1.29 is 9.53 Å². The first kappa shape index (κ1) is 13.8. The molecule has 1 atom stereocenters. The second kappa shape index (κ2) is 5.38. The Morgan fingerprint density at radius 3 is 2.88 bits per heavy atom. The Bertz CT molecular complexity index is 421. The highest BCUT2D eigenvalue weighted by Crippen LogP contribution is 2.32. The number of carbonyl (C=O) groups is 1. The highest BCUT2D eigenvalue weighted by atomic mass is 35.5. The molecule has 5 heteroatoms. The zero-order valence-electron chi connectivity index (χ0n) is 9.97. The molecule has 1 amide bonds. The number of ether oxygens (including phenoxy) is 1. The second-order valence-electron chi connectivity index (χ2n) is 4.10. The van der Waals surface area contributed by atoms with E-state index in [-0.39, 0.29) is 18.3 Å². The standard InChI is InChI=1S/C12H16N2O2.ClH/c1-8-3-4-10-11(7-8)16-6-5-14(10)12(15)9(2)13;/h3-4,7,9H,5-6,13H2,1-2H3;1H. The number of anilines is 1. The molecule has 1 unspecified atom stereocenters. The average molecular weight is 257 g/mol. The van der Waals surface area contributed by atoms with Gasteiger partial charge < -0.3 is 15.4 Å². The fraction of sp³-hybridized carbons (Fsp3) is 0.417. The van der Waals surface area contributed by atoms with Crippen LogP contribution in [0.1, 0.15) is 12.5 Å². The van der Waals surface area contributed by atoms with E-state index in [0.717, 1.165) is 17.0 Å². The molecule has 0 saturated carbocycles. The van der Waals surface area contributed by atoms with Gasteiger partial charge in [0, 0.05) is 0 Å².